The summed E-state index contributed by atoms with van der Waals surface area (Å²) in [5.41, 5.74) is 1.49. The number of carbonyl (C=O) groups excluding carboxylic acids is 1. The van der Waals surface area contributed by atoms with Crippen LogP contribution in [0.25, 0.3) is 0 Å². The van der Waals surface area contributed by atoms with E-state index in [-0.39, 0.29) is 11.9 Å². The number of aryl methyl sites for hydroxylation is 2. The molecule has 0 aliphatic rings. The summed E-state index contributed by atoms with van der Waals surface area (Å²) in [4.78, 5) is 20.1. The summed E-state index contributed by atoms with van der Waals surface area (Å²) >= 11 is 1.62. The van der Waals surface area contributed by atoms with Gasteiger partial charge in [-0.2, -0.15) is 0 Å². The number of hydrogen-bond donors (Lipinski definition) is 0. The van der Waals surface area contributed by atoms with Gasteiger partial charge in [-0.25, -0.2) is 4.98 Å². The van der Waals surface area contributed by atoms with E-state index in [1.807, 2.05) is 20.8 Å². The number of ether oxygens (including phenoxy) is 2. The lowest BCUT2D eigenvalue weighted by Gasteiger charge is -2.25. The fourth-order valence-electron chi connectivity index (χ4n) is 2.45. The molecule has 1 amide bonds. The number of amides is 1. The predicted molar refractivity (Wildman–Crippen MR) is 91.6 cm³/mol. The SMILES string of the molecule is COc1ccc(C(=O)N(C)[C@H](C)c2sc(C)nc2C)c(OC)c1. The zero-order valence-corrected chi connectivity index (χ0v) is 15.2. The molecule has 0 aliphatic heterocycles. The van der Waals surface area contributed by atoms with Crippen molar-refractivity contribution in [1.29, 1.82) is 0 Å². The number of rotatable bonds is 5. The standard InChI is InChI=1S/C17H22N2O3S/c1-10-16(23-12(3)18-10)11(2)19(4)17(20)14-8-7-13(21-5)9-15(14)22-6/h7-9,11H,1-6H3/t11-/m1/s1. The van der Waals surface area contributed by atoms with Crippen molar-refractivity contribution in [2.75, 3.05) is 21.3 Å². The van der Waals surface area contributed by atoms with Gasteiger partial charge < -0.3 is 14.4 Å². The van der Waals surface area contributed by atoms with Gasteiger partial charge in [-0.3, -0.25) is 4.79 Å². The molecule has 0 fully saturated rings. The minimum atomic E-state index is -0.0949. The van der Waals surface area contributed by atoms with E-state index < -0.39 is 0 Å². The van der Waals surface area contributed by atoms with Crippen LogP contribution in [0, 0.1) is 13.8 Å². The van der Waals surface area contributed by atoms with Crippen molar-refractivity contribution in [3.05, 3.63) is 39.3 Å². The highest BCUT2D eigenvalue weighted by Gasteiger charge is 2.24. The van der Waals surface area contributed by atoms with Gasteiger partial charge in [-0.05, 0) is 32.9 Å². The Balaban J connectivity index is 2.30. The highest BCUT2D eigenvalue weighted by Crippen LogP contribution is 2.31. The number of nitrogens with zero attached hydrogens (tertiary/aromatic N) is 2. The molecule has 1 heterocycles. The summed E-state index contributed by atoms with van der Waals surface area (Å²) in [7, 11) is 4.93. The van der Waals surface area contributed by atoms with Gasteiger partial charge >= 0.3 is 0 Å². The summed E-state index contributed by atoms with van der Waals surface area (Å²) in [5, 5.41) is 1.01. The Morgan fingerprint density at radius 1 is 1.26 bits per heavy atom. The monoisotopic (exact) mass is 334 g/mol. The van der Waals surface area contributed by atoms with E-state index in [4.69, 9.17) is 9.47 Å². The maximum Gasteiger partial charge on any atom is 0.257 e. The first kappa shape index (κ1) is 17.3. The number of carbonyl (C=O) groups is 1. The number of thiazole rings is 1. The molecule has 2 rings (SSSR count). The van der Waals surface area contributed by atoms with E-state index in [2.05, 4.69) is 4.98 Å². The Hall–Kier alpha value is -2.08. The minimum absolute atomic E-state index is 0.0551. The lowest BCUT2D eigenvalue weighted by atomic mass is 10.1. The van der Waals surface area contributed by atoms with Crippen LogP contribution in [0.5, 0.6) is 11.5 Å². The fraction of sp³-hybridized carbons (Fsp3) is 0.412. The van der Waals surface area contributed by atoms with Crippen molar-refractivity contribution in [3.8, 4) is 11.5 Å². The molecule has 1 aromatic carbocycles. The molecule has 6 heteroatoms. The molecule has 0 spiro atoms. The van der Waals surface area contributed by atoms with Crippen LogP contribution >= 0.6 is 11.3 Å². The van der Waals surface area contributed by atoms with Crippen molar-refractivity contribution < 1.29 is 14.3 Å². The summed E-state index contributed by atoms with van der Waals surface area (Å²) in [6.45, 7) is 5.96. The maximum atomic E-state index is 12.8. The Labute approximate surface area is 140 Å². The van der Waals surface area contributed by atoms with E-state index in [9.17, 15) is 4.79 Å². The van der Waals surface area contributed by atoms with Gasteiger partial charge in [0.2, 0.25) is 0 Å². The molecule has 0 N–H and O–H groups in total. The smallest absolute Gasteiger partial charge is 0.257 e. The fourth-order valence-corrected chi connectivity index (χ4v) is 3.47. The van der Waals surface area contributed by atoms with E-state index in [1.54, 1.807) is 55.7 Å². The number of methoxy groups -OCH3 is 2. The molecular weight excluding hydrogens is 312 g/mol. The first-order valence-corrected chi connectivity index (χ1v) is 8.13. The summed E-state index contributed by atoms with van der Waals surface area (Å²) in [5.74, 6) is 1.07. The third-order valence-corrected chi connectivity index (χ3v) is 5.10. The van der Waals surface area contributed by atoms with Gasteiger partial charge in [-0.1, -0.05) is 0 Å². The van der Waals surface area contributed by atoms with Gasteiger partial charge in [0.15, 0.2) is 0 Å². The van der Waals surface area contributed by atoms with Crippen LogP contribution in [0.4, 0.5) is 0 Å². The van der Waals surface area contributed by atoms with E-state index >= 15 is 0 Å². The lowest BCUT2D eigenvalue weighted by Crippen LogP contribution is -2.29. The van der Waals surface area contributed by atoms with Gasteiger partial charge in [0.25, 0.3) is 5.91 Å². The Kier molecular flexibility index (Phi) is 5.26. The lowest BCUT2D eigenvalue weighted by molar-refractivity contribution is 0.0741. The van der Waals surface area contributed by atoms with Crippen LogP contribution < -0.4 is 9.47 Å². The topological polar surface area (TPSA) is 51.7 Å². The third-order valence-electron chi connectivity index (χ3n) is 3.86. The molecule has 1 aromatic heterocycles. The van der Waals surface area contributed by atoms with Crippen LogP contribution in [-0.4, -0.2) is 37.1 Å². The summed E-state index contributed by atoms with van der Waals surface area (Å²) < 4.78 is 10.5. The molecule has 23 heavy (non-hydrogen) atoms. The maximum absolute atomic E-state index is 12.8. The van der Waals surface area contributed by atoms with Crippen molar-refractivity contribution in [3.63, 3.8) is 0 Å². The third kappa shape index (κ3) is 3.47. The Bertz CT molecular complexity index is 712. The first-order valence-electron chi connectivity index (χ1n) is 7.32. The van der Waals surface area contributed by atoms with Gasteiger partial charge in [0, 0.05) is 18.0 Å². The predicted octanol–water partition coefficient (Wildman–Crippen LogP) is 3.61. The average Bonchev–Trinajstić information content (AvgIpc) is 2.90. The Morgan fingerprint density at radius 2 is 1.96 bits per heavy atom. The molecule has 0 aliphatic carbocycles. The van der Waals surface area contributed by atoms with Gasteiger partial charge in [0.1, 0.15) is 11.5 Å². The van der Waals surface area contributed by atoms with Crippen LogP contribution in [-0.2, 0) is 0 Å². The Morgan fingerprint density at radius 3 is 2.48 bits per heavy atom. The highest BCUT2D eigenvalue weighted by atomic mass is 32.1. The number of benzene rings is 1. The normalized spacial score (nSPS) is 11.9. The molecule has 0 unspecified atom stereocenters. The molecular formula is C17H22N2O3S. The summed E-state index contributed by atoms with van der Waals surface area (Å²) in [6, 6.07) is 5.15. The molecule has 2 aromatic rings. The first-order chi connectivity index (χ1) is 10.9. The van der Waals surface area contributed by atoms with Crippen LogP contribution in [0.3, 0.4) is 0 Å². The second-order valence-corrected chi connectivity index (χ2v) is 6.58. The second-order valence-electron chi connectivity index (χ2n) is 5.34. The van der Waals surface area contributed by atoms with E-state index in [1.165, 1.54) is 0 Å². The molecule has 124 valence electrons. The minimum Gasteiger partial charge on any atom is -0.497 e. The molecule has 0 saturated carbocycles. The van der Waals surface area contributed by atoms with Crippen molar-refractivity contribution in [2.24, 2.45) is 0 Å². The largest absolute Gasteiger partial charge is 0.497 e. The molecule has 0 radical (unpaired) electrons. The second kappa shape index (κ2) is 7.00. The van der Waals surface area contributed by atoms with Gasteiger partial charge in [0.05, 0.1) is 36.5 Å². The quantitative estimate of drug-likeness (QED) is 0.838. The molecule has 0 bridgehead atoms. The van der Waals surface area contributed by atoms with E-state index in [0.29, 0.717) is 17.1 Å². The van der Waals surface area contributed by atoms with Gasteiger partial charge in [-0.15, -0.1) is 11.3 Å². The zero-order chi connectivity index (χ0) is 17.1. The molecule has 1 atom stereocenters. The van der Waals surface area contributed by atoms with E-state index in [0.717, 1.165) is 15.6 Å². The average molecular weight is 334 g/mol. The molecule has 5 nitrogen and oxygen atoms in total. The van der Waals surface area contributed by atoms with Crippen molar-refractivity contribution in [1.82, 2.24) is 9.88 Å². The van der Waals surface area contributed by atoms with Crippen LogP contribution in [0.1, 0.15) is 38.9 Å². The van der Waals surface area contributed by atoms with Crippen molar-refractivity contribution in [2.45, 2.75) is 26.8 Å². The molecule has 0 saturated heterocycles. The van der Waals surface area contributed by atoms with Crippen LogP contribution in [0.15, 0.2) is 18.2 Å². The number of aromatic nitrogens is 1. The summed E-state index contributed by atoms with van der Waals surface area (Å²) in [6.07, 6.45) is 0. The number of hydrogen-bond acceptors (Lipinski definition) is 5. The zero-order valence-electron chi connectivity index (χ0n) is 14.3. The van der Waals surface area contributed by atoms with Crippen LogP contribution in [0.2, 0.25) is 0 Å². The van der Waals surface area contributed by atoms with Crippen molar-refractivity contribution >= 4 is 17.2 Å². The highest BCUT2D eigenvalue weighted by molar-refractivity contribution is 7.11.